The molecule has 0 radical (unpaired) electrons. The molecule has 2 atom stereocenters. The van der Waals surface area contributed by atoms with Crippen molar-refractivity contribution in [3.8, 4) is 5.75 Å². The van der Waals surface area contributed by atoms with Crippen LogP contribution >= 0.6 is 24.0 Å². The third kappa shape index (κ3) is 5.50. The van der Waals surface area contributed by atoms with Crippen LogP contribution in [0.4, 0.5) is 0 Å². The predicted octanol–water partition coefficient (Wildman–Crippen LogP) is 3.11. The highest BCUT2D eigenvalue weighted by Crippen LogP contribution is 2.26. The van der Waals surface area contributed by atoms with Gasteiger partial charge in [0.15, 0.2) is 0 Å². The van der Waals surface area contributed by atoms with Gasteiger partial charge in [0.25, 0.3) is 0 Å². The van der Waals surface area contributed by atoms with Crippen molar-refractivity contribution in [1.29, 1.82) is 0 Å². The Hall–Kier alpha value is -0.520. The average molecular weight is 361 g/mol. The highest BCUT2D eigenvalue weighted by Gasteiger charge is 2.19. The number of hydrogen-bond donors (Lipinski definition) is 1. The third-order valence-corrected chi connectivity index (χ3v) is 4.55. The van der Waals surface area contributed by atoms with Crippen molar-refractivity contribution in [2.24, 2.45) is 0 Å². The van der Waals surface area contributed by atoms with Gasteiger partial charge in [-0.05, 0) is 38.0 Å². The molecule has 3 rings (SSSR count). The maximum absolute atomic E-state index is 6.18. The van der Waals surface area contributed by atoms with Crippen LogP contribution in [0.5, 0.6) is 5.75 Å². The van der Waals surface area contributed by atoms with Crippen LogP contribution < -0.4 is 10.1 Å². The topological polar surface area (TPSA) is 33.7 Å². The first kappa shape index (κ1) is 18.8. The van der Waals surface area contributed by atoms with Gasteiger partial charge >= 0.3 is 0 Å². The van der Waals surface area contributed by atoms with Gasteiger partial charge in [0.05, 0.1) is 6.10 Å². The molecule has 23 heavy (non-hydrogen) atoms. The Morgan fingerprint density at radius 2 is 2.30 bits per heavy atom. The molecule has 0 spiro atoms. The van der Waals surface area contributed by atoms with Crippen molar-refractivity contribution < 1.29 is 9.47 Å². The number of nitrogens with zero attached hydrogens (tertiary/aromatic N) is 1. The molecular formula is C17H26Cl2N2O2. The second kappa shape index (κ2) is 9.09. The molecule has 1 aromatic carbocycles. The lowest BCUT2D eigenvalue weighted by molar-refractivity contribution is 0.0672. The van der Waals surface area contributed by atoms with E-state index in [4.69, 9.17) is 21.1 Å². The molecule has 4 nitrogen and oxygen atoms in total. The van der Waals surface area contributed by atoms with Crippen LogP contribution in [0.2, 0.25) is 5.02 Å². The molecule has 0 amide bonds. The van der Waals surface area contributed by atoms with E-state index in [1.807, 2.05) is 18.2 Å². The number of hydrogen-bond acceptors (Lipinski definition) is 4. The zero-order chi connectivity index (χ0) is 15.4. The second-order valence-corrected chi connectivity index (χ2v) is 6.72. The number of rotatable bonds is 5. The van der Waals surface area contributed by atoms with Crippen LogP contribution in [0, 0.1) is 0 Å². The van der Waals surface area contributed by atoms with E-state index in [1.165, 1.54) is 5.56 Å². The predicted molar refractivity (Wildman–Crippen MR) is 95.9 cm³/mol. The highest BCUT2D eigenvalue weighted by molar-refractivity contribution is 6.30. The van der Waals surface area contributed by atoms with Gasteiger partial charge in [-0.3, -0.25) is 4.90 Å². The molecule has 2 fully saturated rings. The van der Waals surface area contributed by atoms with Crippen molar-refractivity contribution in [2.45, 2.75) is 38.5 Å². The smallest absolute Gasteiger partial charge is 0.124 e. The first-order valence-electron chi connectivity index (χ1n) is 8.19. The Labute approximate surface area is 149 Å². The molecule has 2 aliphatic rings. The van der Waals surface area contributed by atoms with E-state index in [0.29, 0.717) is 12.6 Å². The van der Waals surface area contributed by atoms with Gasteiger partial charge in [0.1, 0.15) is 12.4 Å². The Morgan fingerprint density at radius 3 is 3.04 bits per heavy atom. The van der Waals surface area contributed by atoms with Gasteiger partial charge in [-0.15, -0.1) is 12.4 Å². The molecule has 0 aromatic heterocycles. The molecule has 2 saturated heterocycles. The van der Waals surface area contributed by atoms with Gasteiger partial charge in [0, 0.05) is 49.4 Å². The molecule has 0 aliphatic carbocycles. The summed E-state index contributed by atoms with van der Waals surface area (Å²) in [4.78, 5) is 2.45. The normalized spacial score (nSPS) is 25.1. The monoisotopic (exact) mass is 360 g/mol. The van der Waals surface area contributed by atoms with E-state index in [1.54, 1.807) is 0 Å². The Morgan fingerprint density at radius 1 is 1.43 bits per heavy atom. The van der Waals surface area contributed by atoms with E-state index in [0.717, 1.165) is 56.4 Å². The summed E-state index contributed by atoms with van der Waals surface area (Å²) in [5.41, 5.74) is 1.17. The van der Waals surface area contributed by atoms with Crippen LogP contribution in [0.3, 0.4) is 0 Å². The standard InChI is InChI=1S/C17H25ClN2O2.ClH/c1-13-10-20(7-6-19-13)11-14-9-15(18)4-5-17(14)22-12-16-3-2-8-21-16;/h4-5,9,13,16,19H,2-3,6-8,10-12H2,1H3;1H/t13-,16?;/m1./s1. The Bertz CT molecular complexity index is 495. The Balaban J connectivity index is 0.00000192. The van der Waals surface area contributed by atoms with Crippen molar-refractivity contribution in [3.63, 3.8) is 0 Å². The fraction of sp³-hybridized carbons (Fsp3) is 0.647. The number of benzene rings is 1. The minimum absolute atomic E-state index is 0. The van der Waals surface area contributed by atoms with E-state index in [-0.39, 0.29) is 18.5 Å². The lowest BCUT2D eigenvalue weighted by atomic mass is 10.1. The molecule has 1 N–H and O–H groups in total. The fourth-order valence-electron chi connectivity index (χ4n) is 3.17. The molecule has 2 aliphatic heterocycles. The van der Waals surface area contributed by atoms with Crippen molar-refractivity contribution >= 4 is 24.0 Å². The SMILES string of the molecule is C[C@@H]1CN(Cc2cc(Cl)ccc2OCC2CCCO2)CCN1.Cl. The summed E-state index contributed by atoms with van der Waals surface area (Å²) in [5.74, 6) is 0.936. The van der Waals surface area contributed by atoms with E-state index < -0.39 is 0 Å². The van der Waals surface area contributed by atoms with Crippen molar-refractivity contribution in [1.82, 2.24) is 10.2 Å². The summed E-state index contributed by atoms with van der Waals surface area (Å²) >= 11 is 6.18. The van der Waals surface area contributed by atoms with E-state index in [9.17, 15) is 0 Å². The highest BCUT2D eigenvalue weighted by atomic mass is 35.5. The minimum Gasteiger partial charge on any atom is -0.491 e. The molecule has 1 unspecified atom stereocenters. The summed E-state index contributed by atoms with van der Waals surface area (Å²) in [6, 6.07) is 6.44. The van der Waals surface area contributed by atoms with Gasteiger partial charge in [-0.25, -0.2) is 0 Å². The quantitative estimate of drug-likeness (QED) is 0.874. The van der Waals surface area contributed by atoms with Crippen molar-refractivity contribution in [3.05, 3.63) is 28.8 Å². The first-order valence-corrected chi connectivity index (χ1v) is 8.57. The molecule has 2 heterocycles. The van der Waals surface area contributed by atoms with Crippen LogP contribution in [-0.4, -0.2) is 49.9 Å². The van der Waals surface area contributed by atoms with E-state index in [2.05, 4.69) is 17.1 Å². The van der Waals surface area contributed by atoms with E-state index >= 15 is 0 Å². The fourth-order valence-corrected chi connectivity index (χ4v) is 3.36. The Kier molecular flexibility index (Phi) is 7.44. The number of piperazine rings is 1. The number of nitrogens with one attached hydrogen (secondary N) is 1. The zero-order valence-corrected chi connectivity index (χ0v) is 15.2. The zero-order valence-electron chi connectivity index (χ0n) is 13.6. The van der Waals surface area contributed by atoms with Gasteiger partial charge in [-0.2, -0.15) is 0 Å². The summed E-state index contributed by atoms with van der Waals surface area (Å²) in [5, 5.41) is 4.24. The first-order chi connectivity index (χ1) is 10.7. The average Bonchev–Trinajstić information content (AvgIpc) is 3.00. The third-order valence-electron chi connectivity index (χ3n) is 4.32. The molecular weight excluding hydrogens is 335 g/mol. The summed E-state index contributed by atoms with van der Waals surface area (Å²) in [6.45, 7) is 7.74. The van der Waals surface area contributed by atoms with Crippen molar-refractivity contribution in [2.75, 3.05) is 32.8 Å². The van der Waals surface area contributed by atoms with Crippen LogP contribution in [0.15, 0.2) is 18.2 Å². The minimum atomic E-state index is 0. The molecule has 130 valence electrons. The lowest BCUT2D eigenvalue weighted by Gasteiger charge is -2.32. The summed E-state index contributed by atoms with van der Waals surface area (Å²) < 4.78 is 11.7. The molecule has 0 saturated carbocycles. The van der Waals surface area contributed by atoms with Crippen LogP contribution in [0.25, 0.3) is 0 Å². The lowest BCUT2D eigenvalue weighted by Crippen LogP contribution is -2.48. The second-order valence-electron chi connectivity index (χ2n) is 6.29. The van der Waals surface area contributed by atoms with Crippen LogP contribution in [0.1, 0.15) is 25.3 Å². The molecule has 6 heteroatoms. The number of ether oxygens (including phenoxy) is 2. The summed E-state index contributed by atoms with van der Waals surface area (Å²) in [7, 11) is 0. The molecule has 0 bridgehead atoms. The summed E-state index contributed by atoms with van der Waals surface area (Å²) in [6.07, 6.45) is 2.47. The van der Waals surface area contributed by atoms with Gasteiger partial charge in [0.2, 0.25) is 0 Å². The number of halogens is 2. The van der Waals surface area contributed by atoms with Gasteiger partial charge < -0.3 is 14.8 Å². The largest absolute Gasteiger partial charge is 0.491 e. The van der Waals surface area contributed by atoms with Crippen LogP contribution in [-0.2, 0) is 11.3 Å². The molecule has 1 aromatic rings. The maximum atomic E-state index is 6.18. The maximum Gasteiger partial charge on any atom is 0.124 e. The van der Waals surface area contributed by atoms with Gasteiger partial charge in [-0.1, -0.05) is 11.6 Å².